The highest BCUT2D eigenvalue weighted by Crippen LogP contribution is 2.43. The first-order chi connectivity index (χ1) is 12.8. The normalized spacial score (nSPS) is 15.1. The van der Waals surface area contributed by atoms with Gasteiger partial charge in [0.25, 0.3) is 0 Å². The topological polar surface area (TPSA) is 112 Å². The van der Waals surface area contributed by atoms with Gasteiger partial charge in [-0.15, -0.1) is 0 Å². The van der Waals surface area contributed by atoms with Gasteiger partial charge in [0.2, 0.25) is 0 Å². The number of ether oxygens (including phenoxy) is 2. The Balaban J connectivity index is 4.53. The Morgan fingerprint density at radius 2 is 1.79 bits per heavy atom. The maximum atomic E-state index is 12.2. The van der Waals surface area contributed by atoms with E-state index in [4.69, 9.17) is 4.74 Å². The van der Waals surface area contributed by atoms with Gasteiger partial charge in [-0.25, -0.2) is 4.57 Å². The minimum absolute atomic E-state index is 0.239. The van der Waals surface area contributed by atoms with E-state index in [1.807, 2.05) is 0 Å². The summed E-state index contributed by atoms with van der Waals surface area (Å²) in [6.45, 7) is -2.32. The number of hydrogen-bond donors (Lipinski definition) is 1. The van der Waals surface area contributed by atoms with Gasteiger partial charge in [0.05, 0.1) is 39.2 Å². The molecule has 2 unspecified atom stereocenters. The molecule has 0 amide bonds. The first-order valence-electron chi connectivity index (χ1n) is 8.09. The highest BCUT2D eigenvalue weighted by atomic mass is 31.2. The van der Waals surface area contributed by atoms with Crippen LogP contribution in [0.3, 0.4) is 0 Å². The summed E-state index contributed by atoms with van der Waals surface area (Å²) < 4.78 is 78.7. The molecule has 0 aromatic rings. The summed E-state index contributed by atoms with van der Waals surface area (Å²) in [5, 5.41) is 0. The molecule has 166 valence electrons. The monoisotopic (exact) mass is 441 g/mol. The van der Waals surface area contributed by atoms with E-state index in [0.717, 1.165) is 0 Å². The summed E-state index contributed by atoms with van der Waals surface area (Å²) in [6, 6.07) is 0. The third-order valence-corrected chi connectivity index (χ3v) is 3.73. The van der Waals surface area contributed by atoms with Crippen molar-refractivity contribution in [3.8, 4) is 0 Å². The van der Waals surface area contributed by atoms with Crippen molar-refractivity contribution >= 4 is 19.8 Å². The molecule has 0 saturated heterocycles. The van der Waals surface area contributed by atoms with Gasteiger partial charge in [-0.1, -0.05) is 0 Å². The Morgan fingerprint density at radius 3 is 2.32 bits per heavy atom. The van der Waals surface area contributed by atoms with E-state index in [9.17, 15) is 36.6 Å². The van der Waals surface area contributed by atoms with Crippen molar-refractivity contribution in [2.45, 2.75) is 38.0 Å². The average Bonchev–Trinajstić information content (AvgIpc) is 2.56. The SMILES string of the molecule is CN(C)COP(=O)(O)OCC(CCOC(=O)CCC(F)(F)F)OC(=O)CCF. The van der Waals surface area contributed by atoms with E-state index in [0.29, 0.717) is 0 Å². The zero-order valence-corrected chi connectivity index (χ0v) is 16.3. The fourth-order valence-electron chi connectivity index (χ4n) is 1.52. The smallest absolute Gasteiger partial charge is 0.466 e. The highest BCUT2D eigenvalue weighted by Gasteiger charge is 2.29. The number of phosphoric ester groups is 1. The number of carbonyl (C=O) groups excluding carboxylic acids is 2. The number of phosphoric acid groups is 1. The maximum absolute atomic E-state index is 12.2. The molecule has 0 fully saturated rings. The molecule has 0 spiro atoms. The lowest BCUT2D eigenvalue weighted by molar-refractivity contribution is -0.159. The number of hydrogen-bond acceptors (Lipinski definition) is 8. The van der Waals surface area contributed by atoms with Crippen LogP contribution in [0.1, 0.15) is 25.7 Å². The van der Waals surface area contributed by atoms with Crippen molar-refractivity contribution in [2.24, 2.45) is 0 Å². The van der Waals surface area contributed by atoms with E-state index in [-0.39, 0.29) is 13.2 Å². The number of nitrogens with zero attached hydrogens (tertiary/aromatic N) is 1. The predicted octanol–water partition coefficient (Wildman–Crippen LogP) is 2.19. The van der Waals surface area contributed by atoms with Crippen molar-refractivity contribution in [2.75, 3.05) is 40.7 Å². The van der Waals surface area contributed by atoms with Crippen LogP contribution in [-0.4, -0.2) is 74.7 Å². The Labute approximate surface area is 159 Å². The van der Waals surface area contributed by atoms with Gasteiger partial charge in [-0.3, -0.25) is 27.9 Å². The van der Waals surface area contributed by atoms with Crippen molar-refractivity contribution in [1.82, 2.24) is 4.90 Å². The largest absolute Gasteiger partial charge is 0.473 e. The van der Waals surface area contributed by atoms with E-state index in [2.05, 4.69) is 13.8 Å². The predicted molar refractivity (Wildman–Crippen MR) is 86.8 cm³/mol. The van der Waals surface area contributed by atoms with Gasteiger partial charge in [-0.05, 0) is 14.1 Å². The van der Waals surface area contributed by atoms with Crippen LogP contribution in [0.5, 0.6) is 0 Å². The van der Waals surface area contributed by atoms with E-state index >= 15 is 0 Å². The van der Waals surface area contributed by atoms with Crippen molar-refractivity contribution < 1.29 is 55.1 Å². The number of carbonyl (C=O) groups is 2. The van der Waals surface area contributed by atoms with Crippen LogP contribution in [0.25, 0.3) is 0 Å². The molecule has 0 aromatic heterocycles. The first-order valence-corrected chi connectivity index (χ1v) is 9.58. The second kappa shape index (κ2) is 13.0. The van der Waals surface area contributed by atoms with Crippen LogP contribution >= 0.6 is 7.82 Å². The standard InChI is InChI=1S/C14H24F4NO8P/c1-19(2)10-26-28(22,23)25-9-11(27-13(21)4-7-15)5-8-24-12(20)3-6-14(16,17)18/h11H,3-10H2,1-2H3,(H,22,23). The summed E-state index contributed by atoms with van der Waals surface area (Å²) in [6.07, 6.45) is -8.76. The van der Waals surface area contributed by atoms with Gasteiger partial charge in [0.1, 0.15) is 12.8 Å². The third kappa shape index (κ3) is 15.8. The van der Waals surface area contributed by atoms with Crippen LogP contribution in [0.2, 0.25) is 0 Å². The second-order valence-electron chi connectivity index (χ2n) is 5.78. The molecule has 0 heterocycles. The fraction of sp³-hybridized carbons (Fsp3) is 0.857. The molecule has 28 heavy (non-hydrogen) atoms. The summed E-state index contributed by atoms with van der Waals surface area (Å²) in [5.74, 6) is -2.09. The van der Waals surface area contributed by atoms with Gasteiger partial charge in [0, 0.05) is 6.42 Å². The number of alkyl halides is 4. The van der Waals surface area contributed by atoms with Crippen molar-refractivity contribution in [3.63, 3.8) is 0 Å². The molecule has 2 atom stereocenters. The maximum Gasteiger partial charge on any atom is 0.473 e. The molecule has 0 radical (unpaired) electrons. The quantitative estimate of drug-likeness (QED) is 0.188. The molecule has 0 saturated carbocycles. The highest BCUT2D eigenvalue weighted by molar-refractivity contribution is 7.47. The minimum atomic E-state index is -4.51. The summed E-state index contributed by atoms with van der Waals surface area (Å²) in [5.41, 5.74) is 0. The summed E-state index contributed by atoms with van der Waals surface area (Å²) >= 11 is 0. The Hall–Kier alpha value is -1.27. The van der Waals surface area contributed by atoms with Gasteiger partial charge < -0.3 is 14.4 Å². The van der Waals surface area contributed by atoms with Gasteiger partial charge in [0.15, 0.2) is 0 Å². The first kappa shape index (κ1) is 26.7. The lowest BCUT2D eigenvalue weighted by Gasteiger charge is -2.20. The zero-order valence-electron chi connectivity index (χ0n) is 15.4. The summed E-state index contributed by atoms with van der Waals surface area (Å²) in [7, 11) is -1.35. The number of halogens is 4. The molecule has 9 nitrogen and oxygen atoms in total. The van der Waals surface area contributed by atoms with Crippen LogP contribution in [0.4, 0.5) is 17.6 Å². The molecule has 0 rings (SSSR count). The van der Waals surface area contributed by atoms with Crippen molar-refractivity contribution in [1.29, 1.82) is 0 Å². The Bertz CT molecular complexity index is 532. The molecule has 1 N–H and O–H groups in total. The summed E-state index contributed by atoms with van der Waals surface area (Å²) in [4.78, 5) is 33.6. The molecule has 14 heteroatoms. The molecule has 0 bridgehead atoms. The zero-order chi connectivity index (χ0) is 21.8. The Kier molecular flexibility index (Phi) is 12.5. The Morgan fingerprint density at radius 1 is 1.14 bits per heavy atom. The molecule has 0 aliphatic rings. The molecule has 0 aromatic carbocycles. The van der Waals surface area contributed by atoms with E-state index in [1.165, 1.54) is 4.90 Å². The lowest BCUT2D eigenvalue weighted by Crippen LogP contribution is -2.26. The molecular weight excluding hydrogens is 417 g/mol. The molecule has 0 aliphatic carbocycles. The minimum Gasteiger partial charge on any atom is -0.466 e. The third-order valence-electron chi connectivity index (χ3n) is 2.81. The fourth-order valence-corrected chi connectivity index (χ4v) is 2.33. The van der Waals surface area contributed by atoms with Gasteiger partial charge >= 0.3 is 25.9 Å². The lowest BCUT2D eigenvalue weighted by atomic mass is 10.2. The van der Waals surface area contributed by atoms with E-state index in [1.54, 1.807) is 14.1 Å². The van der Waals surface area contributed by atoms with Crippen molar-refractivity contribution in [3.05, 3.63) is 0 Å². The molecule has 0 aliphatic heterocycles. The van der Waals surface area contributed by atoms with Crippen LogP contribution in [0, 0.1) is 0 Å². The van der Waals surface area contributed by atoms with Crippen LogP contribution in [-0.2, 0) is 32.7 Å². The second-order valence-corrected chi connectivity index (χ2v) is 7.23. The average molecular weight is 441 g/mol. The van der Waals surface area contributed by atoms with Crippen LogP contribution < -0.4 is 0 Å². The van der Waals surface area contributed by atoms with E-state index < -0.39 is 71.2 Å². The van der Waals surface area contributed by atoms with Gasteiger partial charge in [-0.2, -0.15) is 13.2 Å². The number of rotatable bonds is 14. The molecular formula is C14H24F4NO8P. The number of esters is 2. The van der Waals surface area contributed by atoms with Crippen LogP contribution in [0.15, 0.2) is 0 Å².